The number of rotatable bonds is 5. The summed E-state index contributed by atoms with van der Waals surface area (Å²) in [5, 5.41) is 16.8. The van der Waals surface area contributed by atoms with Gasteiger partial charge in [0.2, 0.25) is 5.91 Å². The van der Waals surface area contributed by atoms with E-state index in [0.717, 1.165) is 31.7 Å². The van der Waals surface area contributed by atoms with Crippen LogP contribution in [0.25, 0.3) is 0 Å². The van der Waals surface area contributed by atoms with Crippen LogP contribution >= 0.6 is 0 Å². The largest absolute Gasteiger partial charge is 0.393 e. The normalized spacial score (nSPS) is 22.2. The molecule has 3 rings (SSSR count). The molecule has 2 fully saturated rings. The van der Waals surface area contributed by atoms with Crippen LogP contribution in [0.5, 0.6) is 0 Å². The third-order valence-electron chi connectivity index (χ3n) is 4.55. The fraction of sp³-hybridized carbons (Fsp3) is 0.733. The maximum atomic E-state index is 12.2. The molecule has 1 unspecified atom stereocenters. The van der Waals surface area contributed by atoms with Crippen LogP contribution in [0, 0.1) is 5.92 Å². The predicted octanol–water partition coefficient (Wildman–Crippen LogP) is 1.25. The van der Waals surface area contributed by atoms with E-state index >= 15 is 0 Å². The van der Waals surface area contributed by atoms with Crippen molar-refractivity contribution >= 4 is 11.7 Å². The van der Waals surface area contributed by atoms with Gasteiger partial charge in [0.1, 0.15) is 5.82 Å². The second-order valence-corrected chi connectivity index (χ2v) is 6.29. The molecular weight excluding hydrogens is 268 g/mol. The van der Waals surface area contributed by atoms with E-state index in [1.807, 2.05) is 10.7 Å². The lowest BCUT2D eigenvalue weighted by Gasteiger charge is -2.28. The molecule has 1 amide bonds. The van der Waals surface area contributed by atoms with Crippen LogP contribution in [-0.4, -0.2) is 51.4 Å². The second-order valence-electron chi connectivity index (χ2n) is 6.29. The van der Waals surface area contributed by atoms with Crippen molar-refractivity contribution in [3.63, 3.8) is 0 Å². The van der Waals surface area contributed by atoms with E-state index in [0.29, 0.717) is 18.5 Å². The Morgan fingerprint density at radius 3 is 2.81 bits per heavy atom. The highest BCUT2D eigenvalue weighted by atomic mass is 16.3. The molecule has 2 aliphatic rings. The summed E-state index contributed by atoms with van der Waals surface area (Å²) in [6, 6.07) is 2.21. The van der Waals surface area contributed by atoms with Gasteiger partial charge >= 0.3 is 0 Å². The molecular formula is C15H24N4O2. The van der Waals surface area contributed by atoms with Crippen LogP contribution in [0.1, 0.15) is 38.6 Å². The third-order valence-corrected chi connectivity index (χ3v) is 4.55. The number of carbonyl (C=O) groups excluding carboxylic acids is 1. The van der Waals surface area contributed by atoms with Crippen molar-refractivity contribution in [1.82, 2.24) is 14.7 Å². The van der Waals surface area contributed by atoms with Gasteiger partial charge in [-0.05, 0) is 38.5 Å². The third kappa shape index (κ3) is 3.63. The molecule has 0 radical (unpaired) electrons. The van der Waals surface area contributed by atoms with Crippen LogP contribution in [0.2, 0.25) is 0 Å². The maximum absolute atomic E-state index is 12.2. The minimum absolute atomic E-state index is 0.00358. The fourth-order valence-electron chi connectivity index (χ4n) is 2.98. The number of aliphatic hydroxyl groups excluding tert-OH is 1. The van der Waals surface area contributed by atoms with Crippen LogP contribution in [0.15, 0.2) is 12.3 Å². The predicted molar refractivity (Wildman–Crippen MR) is 80.0 cm³/mol. The van der Waals surface area contributed by atoms with Gasteiger partial charge in [-0.15, -0.1) is 0 Å². The molecule has 6 nitrogen and oxygen atoms in total. The lowest BCUT2D eigenvalue weighted by atomic mass is 10.1. The summed E-state index contributed by atoms with van der Waals surface area (Å²) in [6.45, 7) is 4.11. The van der Waals surface area contributed by atoms with Crippen LogP contribution < -0.4 is 5.32 Å². The Balaban J connectivity index is 1.54. The second kappa shape index (κ2) is 6.15. The zero-order valence-corrected chi connectivity index (χ0v) is 12.5. The first-order valence-electron chi connectivity index (χ1n) is 7.87. The van der Waals surface area contributed by atoms with Crippen molar-refractivity contribution in [3.8, 4) is 0 Å². The average Bonchev–Trinajstić information content (AvgIpc) is 3.21. The number of aromatic nitrogens is 2. The van der Waals surface area contributed by atoms with Crippen LogP contribution in [0.4, 0.5) is 5.82 Å². The molecule has 0 aromatic carbocycles. The number of aliphatic hydroxyl groups is 1. The van der Waals surface area contributed by atoms with E-state index in [4.69, 9.17) is 0 Å². The molecule has 1 aliphatic heterocycles. The molecule has 1 aromatic heterocycles. The monoisotopic (exact) mass is 292 g/mol. The lowest BCUT2D eigenvalue weighted by molar-refractivity contribution is -0.117. The molecule has 2 heterocycles. The van der Waals surface area contributed by atoms with E-state index in [-0.39, 0.29) is 12.0 Å². The van der Waals surface area contributed by atoms with Gasteiger partial charge in [0, 0.05) is 19.2 Å². The van der Waals surface area contributed by atoms with Crippen molar-refractivity contribution in [2.45, 2.75) is 44.8 Å². The van der Waals surface area contributed by atoms with Gasteiger partial charge in [0.15, 0.2) is 0 Å². The number of anilines is 1. The molecule has 2 N–H and O–H groups in total. The van der Waals surface area contributed by atoms with E-state index in [1.54, 1.807) is 6.20 Å². The number of hydrogen-bond acceptors (Lipinski definition) is 4. The van der Waals surface area contributed by atoms with E-state index in [9.17, 15) is 9.90 Å². The summed E-state index contributed by atoms with van der Waals surface area (Å²) in [6.07, 6.45) is 5.55. The van der Waals surface area contributed by atoms with Crippen molar-refractivity contribution in [1.29, 1.82) is 0 Å². The first-order valence-corrected chi connectivity index (χ1v) is 7.87. The van der Waals surface area contributed by atoms with Gasteiger partial charge in [-0.3, -0.25) is 9.69 Å². The Morgan fingerprint density at radius 2 is 2.14 bits per heavy atom. The Bertz CT molecular complexity index is 490. The smallest absolute Gasteiger partial charge is 0.239 e. The zero-order chi connectivity index (χ0) is 14.8. The van der Waals surface area contributed by atoms with Crippen molar-refractivity contribution < 1.29 is 9.90 Å². The van der Waals surface area contributed by atoms with Gasteiger partial charge in [-0.1, -0.05) is 0 Å². The Morgan fingerprint density at radius 1 is 1.43 bits per heavy atom. The Hall–Kier alpha value is -1.40. The van der Waals surface area contributed by atoms with Gasteiger partial charge in [0.25, 0.3) is 0 Å². The number of nitrogens with zero attached hydrogens (tertiary/aromatic N) is 3. The first-order chi connectivity index (χ1) is 10.1. The highest BCUT2D eigenvalue weighted by Crippen LogP contribution is 2.40. The summed E-state index contributed by atoms with van der Waals surface area (Å²) in [5.74, 6) is 1.48. The van der Waals surface area contributed by atoms with Gasteiger partial charge < -0.3 is 10.4 Å². The summed E-state index contributed by atoms with van der Waals surface area (Å²) in [7, 11) is 0. The summed E-state index contributed by atoms with van der Waals surface area (Å²) in [5.41, 5.74) is 0. The Kier molecular flexibility index (Phi) is 4.26. The molecule has 1 saturated carbocycles. The molecule has 21 heavy (non-hydrogen) atoms. The van der Waals surface area contributed by atoms with E-state index in [1.165, 1.54) is 12.8 Å². The molecule has 116 valence electrons. The average molecular weight is 292 g/mol. The molecule has 6 heteroatoms. The topological polar surface area (TPSA) is 70.4 Å². The highest BCUT2D eigenvalue weighted by Gasteiger charge is 2.30. The summed E-state index contributed by atoms with van der Waals surface area (Å²) in [4.78, 5) is 14.3. The summed E-state index contributed by atoms with van der Waals surface area (Å²) < 4.78 is 1.93. The number of hydrogen-bond donors (Lipinski definition) is 2. The number of piperidine rings is 1. The van der Waals surface area contributed by atoms with Gasteiger partial charge in [-0.25, -0.2) is 4.68 Å². The first kappa shape index (κ1) is 14.5. The van der Waals surface area contributed by atoms with E-state index < -0.39 is 0 Å². The Labute approximate surface area is 125 Å². The van der Waals surface area contributed by atoms with Crippen molar-refractivity contribution in [3.05, 3.63) is 12.3 Å². The quantitative estimate of drug-likeness (QED) is 0.857. The minimum atomic E-state index is -0.204. The zero-order valence-electron chi connectivity index (χ0n) is 12.5. The molecule has 0 spiro atoms. The van der Waals surface area contributed by atoms with Crippen molar-refractivity contribution in [2.24, 2.45) is 5.92 Å². The number of amides is 1. The molecule has 1 saturated heterocycles. The maximum Gasteiger partial charge on any atom is 0.239 e. The lowest BCUT2D eigenvalue weighted by Crippen LogP contribution is -2.40. The highest BCUT2D eigenvalue weighted by molar-refractivity contribution is 5.91. The van der Waals surface area contributed by atoms with Crippen LogP contribution in [-0.2, 0) is 4.79 Å². The van der Waals surface area contributed by atoms with Crippen molar-refractivity contribution in [2.75, 3.05) is 25.0 Å². The SMILES string of the molecule is CC(C1CC1)n1nccc1NC(=O)CN1CCC(O)CC1. The minimum Gasteiger partial charge on any atom is -0.393 e. The molecule has 1 aliphatic carbocycles. The molecule has 0 bridgehead atoms. The standard InChI is InChI=1S/C15H24N4O2/c1-11(12-2-3-12)19-14(4-7-16-19)17-15(21)10-18-8-5-13(20)6-9-18/h4,7,11-13,20H,2-3,5-6,8-10H2,1H3,(H,17,21). The number of carbonyl (C=O) groups is 1. The van der Waals surface area contributed by atoms with Gasteiger partial charge in [-0.2, -0.15) is 5.10 Å². The molecule has 1 aromatic rings. The number of likely N-dealkylation sites (tertiary alicyclic amines) is 1. The number of nitrogens with one attached hydrogen (secondary N) is 1. The fourth-order valence-corrected chi connectivity index (χ4v) is 2.98. The van der Waals surface area contributed by atoms with Gasteiger partial charge in [0.05, 0.1) is 24.9 Å². The molecule has 1 atom stereocenters. The summed E-state index contributed by atoms with van der Waals surface area (Å²) >= 11 is 0. The van der Waals surface area contributed by atoms with E-state index in [2.05, 4.69) is 22.2 Å². The van der Waals surface area contributed by atoms with Crippen LogP contribution in [0.3, 0.4) is 0 Å².